The number of nitriles is 1. The molecule has 19 heavy (non-hydrogen) atoms. The Labute approximate surface area is 116 Å². The molecule has 3 nitrogen and oxygen atoms in total. The molecular formula is C16H24N2O. The Morgan fingerprint density at radius 1 is 1.42 bits per heavy atom. The fourth-order valence-corrected chi connectivity index (χ4v) is 1.87. The summed E-state index contributed by atoms with van der Waals surface area (Å²) in [6.45, 7) is 8.55. The Kier molecular flexibility index (Phi) is 5.38. The van der Waals surface area contributed by atoms with Crippen LogP contribution in [0, 0.1) is 23.7 Å². The summed E-state index contributed by atoms with van der Waals surface area (Å²) in [6.07, 6.45) is 1.73. The van der Waals surface area contributed by atoms with E-state index in [2.05, 4.69) is 12.1 Å². The molecule has 104 valence electrons. The van der Waals surface area contributed by atoms with E-state index in [4.69, 9.17) is 15.7 Å². The predicted molar refractivity (Wildman–Crippen MR) is 77.9 cm³/mol. The Hall–Kier alpha value is -1.53. The van der Waals surface area contributed by atoms with Gasteiger partial charge in [0.25, 0.3) is 0 Å². The van der Waals surface area contributed by atoms with Gasteiger partial charge in [-0.05, 0) is 57.7 Å². The van der Waals surface area contributed by atoms with Crippen LogP contribution in [0.4, 0.5) is 0 Å². The smallest absolute Gasteiger partial charge is 0.122 e. The summed E-state index contributed by atoms with van der Waals surface area (Å²) in [5.74, 6) is 0.902. The van der Waals surface area contributed by atoms with E-state index in [1.54, 1.807) is 0 Å². The number of nitrogens with two attached hydrogens (primary N) is 1. The maximum atomic E-state index is 8.93. The first-order valence-corrected chi connectivity index (χ1v) is 6.76. The minimum Gasteiger partial charge on any atom is -0.493 e. The van der Waals surface area contributed by atoms with Crippen LogP contribution in [0.2, 0.25) is 0 Å². The molecule has 0 spiro atoms. The van der Waals surface area contributed by atoms with E-state index in [-0.39, 0.29) is 11.5 Å². The summed E-state index contributed by atoms with van der Waals surface area (Å²) in [5, 5.41) is 8.93. The lowest BCUT2D eigenvalue weighted by Gasteiger charge is -2.16. The quantitative estimate of drug-likeness (QED) is 0.793. The van der Waals surface area contributed by atoms with Crippen LogP contribution in [0.15, 0.2) is 18.2 Å². The number of hydrogen-bond donors (Lipinski definition) is 1. The van der Waals surface area contributed by atoms with Crippen molar-refractivity contribution >= 4 is 0 Å². The summed E-state index contributed by atoms with van der Waals surface area (Å²) in [6, 6.07) is 8.40. The first-order chi connectivity index (χ1) is 8.85. The monoisotopic (exact) mass is 260 g/mol. The van der Waals surface area contributed by atoms with Crippen LogP contribution in [-0.2, 0) is 0 Å². The standard InChI is InChI=1S/C16H24N2O/c1-12-10-14(13(2)18)6-7-15(12)19-9-5-8-16(3,4)11-17/h6-7,10,13H,5,8-9,18H2,1-4H3. The number of benzene rings is 1. The third kappa shape index (κ3) is 4.92. The molecule has 0 aliphatic carbocycles. The molecule has 0 radical (unpaired) electrons. The van der Waals surface area contributed by atoms with Gasteiger partial charge in [-0.1, -0.05) is 12.1 Å². The van der Waals surface area contributed by atoms with Crippen LogP contribution in [0.1, 0.15) is 50.8 Å². The number of ether oxygens (including phenoxy) is 1. The molecule has 2 N–H and O–H groups in total. The summed E-state index contributed by atoms with van der Waals surface area (Å²) < 4.78 is 5.76. The molecule has 0 amide bonds. The van der Waals surface area contributed by atoms with Gasteiger partial charge in [0.1, 0.15) is 5.75 Å². The van der Waals surface area contributed by atoms with E-state index in [1.807, 2.05) is 39.8 Å². The lowest BCUT2D eigenvalue weighted by atomic mass is 9.90. The fraction of sp³-hybridized carbons (Fsp3) is 0.562. The van der Waals surface area contributed by atoms with Gasteiger partial charge < -0.3 is 10.5 Å². The largest absolute Gasteiger partial charge is 0.493 e. The second-order valence-corrected chi connectivity index (χ2v) is 5.76. The van der Waals surface area contributed by atoms with Crippen molar-refractivity contribution in [2.45, 2.75) is 46.6 Å². The van der Waals surface area contributed by atoms with Crippen molar-refractivity contribution in [1.29, 1.82) is 5.26 Å². The molecular weight excluding hydrogens is 236 g/mol. The van der Waals surface area contributed by atoms with Crippen molar-refractivity contribution in [2.75, 3.05) is 6.61 Å². The van der Waals surface area contributed by atoms with Gasteiger partial charge in [0.2, 0.25) is 0 Å². The molecule has 0 fully saturated rings. The fourth-order valence-electron chi connectivity index (χ4n) is 1.87. The van der Waals surface area contributed by atoms with Gasteiger partial charge in [-0.25, -0.2) is 0 Å². The highest BCUT2D eigenvalue weighted by atomic mass is 16.5. The topological polar surface area (TPSA) is 59.0 Å². The first-order valence-electron chi connectivity index (χ1n) is 6.76. The van der Waals surface area contributed by atoms with Gasteiger partial charge in [0.15, 0.2) is 0 Å². The average molecular weight is 260 g/mol. The highest BCUT2D eigenvalue weighted by Gasteiger charge is 2.15. The molecule has 0 saturated carbocycles. The Bertz CT molecular complexity index is 458. The van der Waals surface area contributed by atoms with Gasteiger partial charge in [-0.2, -0.15) is 5.26 Å². The number of nitrogens with zero attached hydrogens (tertiary/aromatic N) is 1. The lowest BCUT2D eigenvalue weighted by Crippen LogP contribution is -2.10. The maximum Gasteiger partial charge on any atom is 0.122 e. The minimum absolute atomic E-state index is 0.0455. The molecule has 0 aliphatic heterocycles. The summed E-state index contributed by atoms with van der Waals surface area (Å²) >= 11 is 0. The Morgan fingerprint density at radius 3 is 2.63 bits per heavy atom. The minimum atomic E-state index is -0.267. The highest BCUT2D eigenvalue weighted by Crippen LogP contribution is 2.24. The van der Waals surface area contributed by atoms with Crippen molar-refractivity contribution in [2.24, 2.45) is 11.1 Å². The van der Waals surface area contributed by atoms with Gasteiger partial charge in [-0.3, -0.25) is 0 Å². The van der Waals surface area contributed by atoms with E-state index in [0.717, 1.165) is 29.7 Å². The molecule has 1 atom stereocenters. The first kappa shape index (κ1) is 15.5. The predicted octanol–water partition coefficient (Wildman–Crippen LogP) is 3.72. The van der Waals surface area contributed by atoms with E-state index < -0.39 is 0 Å². The lowest BCUT2D eigenvalue weighted by molar-refractivity contribution is 0.282. The Morgan fingerprint density at radius 2 is 2.11 bits per heavy atom. The van der Waals surface area contributed by atoms with Crippen LogP contribution >= 0.6 is 0 Å². The zero-order valence-electron chi connectivity index (χ0n) is 12.4. The van der Waals surface area contributed by atoms with Crippen molar-refractivity contribution in [3.63, 3.8) is 0 Å². The van der Waals surface area contributed by atoms with E-state index >= 15 is 0 Å². The SMILES string of the molecule is Cc1cc(C(C)N)ccc1OCCCC(C)(C)C#N. The zero-order chi connectivity index (χ0) is 14.5. The van der Waals surface area contributed by atoms with Gasteiger partial charge >= 0.3 is 0 Å². The molecule has 0 saturated heterocycles. The van der Waals surface area contributed by atoms with E-state index in [9.17, 15) is 0 Å². The third-order valence-electron chi connectivity index (χ3n) is 3.23. The van der Waals surface area contributed by atoms with Crippen molar-refractivity contribution < 1.29 is 4.74 Å². The van der Waals surface area contributed by atoms with E-state index in [0.29, 0.717) is 6.61 Å². The second-order valence-electron chi connectivity index (χ2n) is 5.76. The van der Waals surface area contributed by atoms with Crippen LogP contribution < -0.4 is 10.5 Å². The van der Waals surface area contributed by atoms with Crippen molar-refractivity contribution in [3.8, 4) is 11.8 Å². The highest BCUT2D eigenvalue weighted by molar-refractivity contribution is 5.37. The second kappa shape index (κ2) is 6.58. The molecule has 1 aromatic rings. The third-order valence-corrected chi connectivity index (χ3v) is 3.23. The van der Waals surface area contributed by atoms with Gasteiger partial charge in [0.05, 0.1) is 18.1 Å². The zero-order valence-corrected chi connectivity index (χ0v) is 12.4. The normalized spacial score (nSPS) is 12.8. The van der Waals surface area contributed by atoms with E-state index in [1.165, 1.54) is 0 Å². The summed E-state index contributed by atoms with van der Waals surface area (Å²) in [7, 11) is 0. The van der Waals surface area contributed by atoms with Crippen LogP contribution in [0.3, 0.4) is 0 Å². The molecule has 0 heterocycles. The van der Waals surface area contributed by atoms with Crippen LogP contribution in [0.25, 0.3) is 0 Å². The van der Waals surface area contributed by atoms with Crippen LogP contribution in [0.5, 0.6) is 5.75 Å². The molecule has 0 aliphatic rings. The van der Waals surface area contributed by atoms with Crippen molar-refractivity contribution in [3.05, 3.63) is 29.3 Å². The maximum absolute atomic E-state index is 8.93. The summed E-state index contributed by atoms with van der Waals surface area (Å²) in [5.41, 5.74) is 7.81. The Balaban J connectivity index is 2.49. The van der Waals surface area contributed by atoms with Gasteiger partial charge in [0, 0.05) is 6.04 Å². The van der Waals surface area contributed by atoms with Gasteiger partial charge in [-0.15, -0.1) is 0 Å². The average Bonchev–Trinajstić information content (AvgIpc) is 2.36. The van der Waals surface area contributed by atoms with Crippen molar-refractivity contribution in [1.82, 2.24) is 0 Å². The molecule has 1 rings (SSSR count). The molecule has 0 bridgehead atoms. The number of rotatable bonds is 6. The molecule has 1 aromatic carbocycles. The number of aryl methyl sites for hydroxylation is 1. The molecule has 0 aromatic heterocycles. The summed E-state index contributed by atoms with van der Waals surface area (Å²) in [4.78, 5) is 0. The number of hydrogen-bond acceptors (Lipinski definition) is 3. The van der Waals surface area contributed by atoms with Crippen LogP contribution in [-0.4, -0.2) is 6.61 Å². The molecule has 3 heteroatoms. The molecule has 1 unspecified atom stereocenters.